The van der Waals surface area contributed by atoms with Crippen LogP contribution in [0.2, 0.25) is 0 Å². The third-order valence-corrected chi connectivity index (χ3v) is 5.35. The molecule has 1 rings (SSSR count). The molecule has 108 valence electrons. The minimum absolute atomic E-state index is 0.110. The number of nitrogens with two attached hydrogens (primary N) is 1. The van der Waals surface area contributed by atoms with Crippen LogP contribution in [0.15, 0.2) is 24.3 Å². The molecule has 0 unspecified atom stereocenters. The lowest BCUT2D eigenvalue weighted by Crippen LogP contribution is -2.33. The molecule has 0 fully saturated rings. The lowest BCUT2D eigenvalue weighted by molar-refractivity contribution is 0.539. The Kier molecular flexibility index (Phi) is 4.32. The highest BCUT2D eigenvalue weighted by Crippen LogP contribution is 2.25. The number of rotatable bonds is 4. The first kappa shape index (κ1) is 16.0. The summed E-state index contributed by atoms with van der Waals surface area (Å²) < 4.78 is 25.8. The summed E-state index contributed by atoms with van der Waals surface area (Å²) in [6, 6.07) is 7.37. The first-order valence-electron chi connectivity index (χ1n) is 6.32. The van der Waals surface area contributed by atoms with Crippen molar-refractivity contribution in [3.63, 3.8) is 0 Å². The largest absolute Gasteiger partial charge is 0.330 e. The molecule has 5 heteroatoms. The van der Waals surface area contributed by atoms with Crippen LogP contribution in [0.4, 0.5) is 5.69 Å². The van der Waals surface area contributed by atoms with Gasteiger partial charge in [-0.2, -0.15) is 0 Å². The van der Waals surface area contributed by atoms with Crippen LogP contribution in [0.25, 0.3) is 0 Å². The van der Waals surface area contributed by atoms with Crippen molar-refractivity contribution in [2.24, 2.45) is 5.73 Å². The highest BCUT2D eigenvalue weighted by Gasteiger charge is 2.29. The topological polar surface area (TPSA) is 72.2 Å². The Morgan fingerprint density at radius 3 is 1.89 bits per heavy atom. The van der Waals surface area contributed by atoms with E-state index in [1.807, 2.05) is 12.1 Å². The number of anilines is 1. The smallest absolute Gasteiger partial charge is 0.237 e. The Labute approximate surface area is 116 Å². The van der Waals surface area contributed by atoms with Gasteiger partial charge in [-0.3, -0.25) is 4.72 Å². The van der Waals surface area contributed by atoms with Crippen LogP contribution in [0.3, 0.4) is 0 Å². The monoisotopic (exact) mass is 284 g/mol. The molecule has 3 N–H and O–H groups in total. The summed E-state index contributed by atoms with van der Waals surface area (Å²) in [4.78, 5) is 0. The van der Waals surface area contributed by atoms with Crippen molar-refractivity contribution in [2.45, 2.75) is 44.8 Å². The lowest BCUT2D eigenvalue weighted by Gasteiger charge is -2.24. The molecule has 0 aliphatic carbocycles. The molecule has 0 aliphatic rings. The minimum atomic E-state index is -3.38. The van der Waals surface area contributed by atoms with Gasteiger partial charge in [0.25, 0.3) is 0 Å². The number of hydrogen-bond acceptors (Lipinski definition) is 3. The molecule has 0 aromatic heterocycles. The van der Waals surface area contributed by atoms with E-state index in [-0.39, 0.29) is 5.41 Å². The standard InChI is InChI=1S/C14H24N2O2S/c1-13(2,3)19(17,18)16-12-8-6-11(7-9-12)14(4,5)10-15/h6-9,16H,10,15H2,1-5H3. The normalized spacial score (nSPS) is 13.4. The Hall–Kier alpha value is -1.07. The fraction of sp³-hybridized carbons (Fsp3) is 0.571. The van der Waals surface area contributed by atoms with E-state index in [0.29, 0.717) is 12.2 Å². The highest BCUT2D eigenvalue weighted by atomic mass is 32.2. The van der Waals surface area contributed by atoms with Gasteiger partial charge < -0.3 is 5.73 Å². The van der Waals surface area contributed by atoms with E-state index in [1.54, 1.807) is 32.9 Å². The summed E-state index contributed by atoms with van der Waals surface area (Å²) in [6.07, 6.45) is 0. The molecule has 1 aromatic rings. The first-order valence-corrected chi connectivity index (χ1v) is 7.81. The van der Waals surface area contributed by atoms with Gasteiger partial charge in [0, 0.05) is 17.6 Å². The van der Waals surface area contributed by atoms with E-state index >= 15 is 0 Å². The molecule has 0 radical (unpaired) electrons. The van der Waals surface area contributed by atoms with Gasteiger partial charge in [0.15, 0.2) is 0 Å². The van der Waals surface area contributed by atoms with E-state index < -0.39 is 14.8 Å². The Morgan fingerprint density at radius 2 is 1.53 bits per heavy atom. The predicted molar refractivity (Wildman–Crippen MR) is 80.8 cm³/mol. The van der Waals surface area contributed by atoms with Crippen molar-refractivity contribution < 1.29 is 8.42 Å². The first-order chi connectivity index (χ1) is 8.49. The van der Waals surface area contributed by atoms with E-state index in [1.165, 1.54) is 0 Å². The van der Waals surface area contributed by atoms with Crippen molar-refractivity contribution >= 4 is 15.7 Å². The summed E-state index contributed by atoms with van der Waals surface area (Å²) in [7, 11) is -3.38. The number of nitrogens with one attached hydrogen (secondary N) is 1. The molecule has 0 aliphatic heterocycles. The quantitative estimate of drug-likeness (QED) is 0.892. The van der Waals surface area contributed by atoms with Crippen LogP contribution < -0.4 is 10.5 Å². The van der Waals surface area contributed by atoms with Crippen LogP contribution >= 0.6 is 0 Å². The zero-order valence-corrected chi connectivity index (χ0v) is 13.1. The fourth-order valence-corrected chi connectivity index (χ4v) is 2.17. The molecule has 0 amide bonds. The van der Waals surface area contributed by atoms with Crippen LogP contribution in [0.5, 0.6) is 0 Å². The Morgan fingerprint density at radius 1 is 1.05 bits per heavy atom. The second-order valence-corrected chi connectivity index (χ2v) is 8.82. The molecule has 0 bridgehead atoms. The van der Waals surface area contributed by atoms with Crippen LogP contribution in [0.1, 0.15) is 40.2 Å². The lowest BCUT2D eigenvalue weighted by atomic mass is 9.85. The van der Waals surface area contributed by atoms with Crippen LogP contribution in [-0.4, -0.2) is 19.7 Å². The van der Waals surface area contributed by atoms with E-state index in [4.69, 9.17) is 5.73 Å². The van der Waals surface area contributed by atoms with Crippen molar-refractivity contribution in [2.75, 3.05) is 11.3 Å². The second-order valence-electron chi connectivity index (χ2n) is 6.38. The van der Waals surface area contributed by atoms with E-state index in [0.717, 1.165) is 5.56 Å². The summed E-state index contributed by atoms with van der Waals surface area (Å²) in [5, 5.41) is 0. The van der Waals surface area contributed by atoms with Gasteiger partial charge in [-0.1, -0.05) is 26.0 Å². The molecule has 0 atom stereocenters. The highest BCUT2D eigenvalue weighted by molar-refractivity contribution is 7.94. The van der Waals surface area contributed by atoms with Crippen molar-refractivity contribution in [1.82, 2.24) is 0 Å². The van der Waals surface area contributed by atoms with Gasteiger partial charge in [0.05, 0.1) is 4.75 Å². The van der Waals surface area contributed by atoms with Gasteiger partial charge in [0.2, 0.25) is 10.0 Å². The van der Waals surface area contributed by atoms with Gasteiger partial charge in [-0.05, 0) is 38.5 Å². The summed E-state index contributed by atoms with van der Waals surface area (Å²) in [6.45, 7) is 9.66. The number of hydrogen-bond donors (Lipinski definition) is 2. The van der Waals surface area contributed by atoms with Crippen molar-refractivity contribution in [3.05, 3.63) is 29.8 Å². The molecule has 0 saturated carbocycles. The Bertz CT molecular complexity index is 526. The maximum atomic E-state index is 12.0. The maximum absolute atomic E-state index is 12.0. The van der Waals surface area contributed by atoms with Gasteiger partial charge in [0.1, 0.15) is 0 Å². The van der Waals surface area contributed by atoms with E-state index in [9.17, 15) is 8.42 Å². The zero-order chi connectivity index (χ0) is 14.9. The third-order valence-electron chi connectivity index (χ3n) is 3.24. The predicted octanol–water partition coefficient (Wildman–Crippen LogP) is 2.46. The fourth-order valence-electron chi connectivity index (χ4n) is 1.42. The van der Waals surface area contributed by atoms with Gasteiger partial charge >= 0.3 is 0 Å². The number of benzene rings is 1. The molecule has 19 heavy (non-hydrogen) atoms. The summed E-state index contributed by atoms with van der Waals surface area (Å²) in [5.41, 5.74) is 7.28. The van der Waals surface area contributed by atoms with Crippen LogP contribution in [-0.2, 0) is 15.4 Å². The molecule has 1 aromatic carbocycles. The SMILES string of the molecule is CC(C)(CN)c1ccc(NS(=O)(=O)C(C)(C)C)cc1. The van der Waals surface area contributed by atoms with Crippen LogP contribution in [0, 0.1) is 0 Å². The molecule has 4 nitrogen and oxygen atoms in total. The molecular weight excluding hydrogens is 260 g/mol. The number of sulfonamides is 1. The molecule has 0 heterocycles. The average molecular weight is 284 g/mol. The third kappa shape index (κ3) is 3.70. The minimum Gasteiger partial charge on any atom is -0.330 e. The second kappa shape index (κ2) is 5.13. The molecule has 0 spiro atoms. The average Bonchev–Trinajstić information content (AvgIpc) is 2.27. The van der Waals surface area contributed by atoms with E-state index in [2.05, 4.69) is 18.6 Å². The van der Waals surface area contributed by atoms with Crippen molar-refractivity contribution in [1.29, 1.82) is 0 Å². The zero-order valence-electron chi connectivity index (χ0n) is 12.3. The maximum Gasteiger partial charge on any atom is 0.237 e. The van der Waals surface area contributed by atoms with Gasteiger partial charge in [-0.25, -0.2) is 8.42 Å². The summed E-state index contributed by atoms with van der Waals surface area (Å²) >= 11 is 0. The molecular formula is C14H24N2O2S. The van der Waals surface area contributed by atoms with Gasteiger partial charge in [-0.15, -0.1) is 0 Å². The van der Waals surface area contributed by atoms with Crippen molar-refractivity contribution in [3.8, 4) is 0 Å². The molecule has 0 saturated heterocycles. The Balaban J connectivity index is 2.97. The summed E-state index contributed by atoms with van der Waals surface area (Å²) in [5.74, 6) is 0.